The van der Waals surface area contributed by atoms with E-state index in [0.29, 0.717) is 31.0 Å². The molecule has 0 heterocycles. The fraction of sp³-hybridized carbons (Fsp3) is 0.682. The van der Waals surface area contributed by atoms with Gasteiger partial charge in [-0.3, -0.25) is 4.79 Å². The first-order chi connectivity index (χ1) is 12.1. The first-order valence-corrected chi connectivity index (χ1v) is 9.92. The lowest BCUT2D eigenvalue weighted by Gasteiger charge is -2.50. The zero-order valence-electron chi connectivity index (χ0n) is 15.6. The number of carboxylic acids is 1. The van der Waals surface area contributed by atoms with Crippen LogP contribution in [0.3, 0.4) is 0 Å². The Kier molecular flexibility index (Phi) is 6.16. The van der Waals surface area contributed by atoms with Crippen molar-refractivity contribution in [3.05, 3.63) is 35.9 Å². The van der Waals surface area contributed by atoms with E-state index in [1.165, 1.54) is 37.7 Å². The van der Waals surface area contributed by atoms with Crippen LogP contribution in [0.25, 0.3) is 0 Å². The first-order valence-electron chi connectivity index (χ1n) is 9.92. The Labute approximate surface area is 151 Å². The molecule has 3 heteroatoms. The number of rotatable bonds is 6. The quantitative estimate of drug-likeness (QED) is 0.789. The van der Waals surface area contributed by atoms with E-state index in [0.717, 1.165) is 5.92 Å². The fourth-order valence-corrected chi connectivity index (χ4v) is 5.58. The van der Waals surface area contributed by atoms with Crippen molar-refractivity contribution in [2.45, 2.75) is 52.6 Å². The molecule has 1 aromatic rings. The zero-order valence-corrected chi connectivity index (χ0v) is 15.6. The number of carbonyl (C=O) groups is 1. The van der Waals surface area contributed by atoms with E-state index in [2.05, 4.69) is 19.1 Å². The van der Waals surface area contributed by atoms with Crippen LogP contribution in [0.1, 0.15) is 51.5 Å². The normalized spacial score (nSPS) is 33.4. The van der Waals surface area contributed by atoms with Gasteiger partial charge < -0.3 is 9.84 Å². The minimum Gasteiger partial charge on any atom is -0.481 e. The molecule has 1 N–H and O–H groups in total. The summed E-state index contributed by atoms with van der Waals surface area (Å²) in [7, 11) is 0. The highest BCUT2D eigenvalue weighted by Gasteiger charge is 2.46. The van der Waals surface area contributed by atoms with Gasteiger partial charge >= 0.3 is 5.97 Å². The zero-order chi connectivity index (χ0) is 17.8. The maximum absolute atomic E-state index is 11.7. The third-order valence-corrected chi connectivity index (χ3v) is 6.73. The lowest BCUT2D eigenvalue weighted by atomic mass is 9.56. The predicted molar refractivity (Wildman–Crippen MR) is 99.1 cm³/mol. The van der Waals surface area contributed by atoms with Crippen molar-refractivity contribution >= 4 is 5.97 Å². The molecule has 2 fully saturated rings. The summed E-state index contributed by atoms with van der Waals surface area (Å²) in [4.78, 5) is 11.7. The van der Waals surface area contributed by atoms with Crippen LogP contribution >= 0.6 is 0 Å². The summed E-state index contributed by atoms with van der Waals surface area (Å²) in [5.41, 5.74) is 1.19. The molecule has 6 atom stereocenters. The van der Waals surface area contributed by atoms with Crippen molar-refractivity contribution in [1.82, 2.24) is 0 Å². The van der Waals surface area contributed by atoms with Gasteiger partial charge in [-0.2, -0.15) is 0 Å². The molecule has 3 rings (SSSR count). The average Bonchev–Trinajstić information content (AvgIpc) is 2.62. The summed E-state index contributed by atoms with van der Waals surface area (Å²) in [5.74, 6) is 1.55. The third kappa shape index (κ3) is 4.25. The van der Waals surface area contributed by atoms with E-state index in [4.69, 9.17) is 4.74 Å². The summed E-state index contributed by atoms with van der Waals surface area (Å²) < 4.78 is 6.12. The maximum Gasteiger partial charge on any atom is 0.306 e. The Bertz CT molecular complexity index is 556. The molecule has 3 nitrogen and oxygen atoms in total. The van der Waals surface area contributed by atoms with Crippen LogP contribution in [0.4, 0.5) is 0 Å². The molecule has 0 unspecified atom stereocenters. The number of carboxylic acid groups (broad SMARTS) is 1. The SMILES string of the molecule is C[C@H](C(=O)O)[C@@H]1[C@@H](COCc2ccccc2)[C@@H]2CCCC[C@H]2C[C@@H]1C. The molecule has 0 aromatic heterocycles. The molecule has 0 bridgehead atoms. The van der Waals surface area contributed by atoms with Gasteiger partial charge in [0.2, 0.25) is 0 Å². The van der Waals surface area contributed by atoms with Gasteiger partial charge in [-0.05, 0) is 48.0 Å². The predicted octanol–water partition coefficient (Wildman–Crippen LogP) is 5.00. The second kappa shape index (κ2) is 8.35. The van der Waals surface area contributed by atoms with Crippen LogP contribution in [0.2, 0.25) is 0 Å². The average molecular weight is 344 g/mol. The van der Waals surface area contributed by atoms with E-state index < -0.39 is 5.97 Å². The van der Waals surface area contributed by atoms with Gasteiger partial charge in [0.05, 0.1) is 19.1 Å². The van der Waals surface area contributed by atoms with Crippen LogP contribution in [0.15, 0.2) is 30.3 Å². The molecular weight excluding hydrogens is 312 g/mol. The van der Waals surface area contributed by atoms with Crippen LogP contribution in [-0.2, 0) is 16.1 Å². The lowest BCUT2D eigenvalue weighted by molar-refractivity contribution is -0.148. The molecule has 1 aromatic carbocycles. The number of ether oxygens (including phenoxy) is 1. The standard InChI is InChI=1S/C22H32O3/c1-15-12-18-10-6-7-11-19(18)20(21(15)16(2)22(23)24)14-25-13-17-8-4-3-5-9-17/h3-5,8-9,15-16,18-21H,6-7,10-14H2,1-2H3,(H,23,24)/t15-,16-,18-,19+,20-,21+/m0/s1. The van der Waals surface area contributed by atoms with Crippen LogP contribution in [0, 0.1) is 35.5 Å². The molecule has 138 valence electrons. The topological polar surface area (TPSA) is 46.5 Å². The highest BCUT2D eigenvalue weighted by Crippen LogP contribution is 2.51. The van der Waals surface area contributed by atoms with Crippen molar-refractivity contribution in [2.24, 2.45) is 35.5 Å². The highest BCUT2D eigenvalue weighted by molar-refractivity contribution is 5.70. The van der Waals surface area contributed by atoms with Gasteiger partial charge in [0.15, 0.2) is 0 Å². The molecule has 0 aliphatic heterocycles. The number of fused-ring (bicyclic) bond motifs is 1. The lowest BCUT2D eigenvalue weighted by Crippen LogP contribution is -2.46. The molecule has 0 spiro atoms. The Morgan fingerprint density at radius 2 is 1.96 bits per heavy atom. The molecule has 0 amide bonds. The van der Waals surface area contributed by atoms with Crippen molar-refractivity contribution < 1.29 is 14.6 Å². The van der Waals surface area contributed by atoms with E-state index >= 15 is 0 Å². The van der Waals surface area contributed by atoms with Crippen LogP contribution < -0.4 is 0 Å². The van der Waals surface area contributed by atoms with Crippen LogP contribution in [0.5, 0.6) is 0 Å². The van der Waals surface area contributed by atoms with Crippen LogP contribution in [-0.4, -0.2) is 17.7 Å². The van der Waals surface area contributed by atoms with Gasteiger partial charge in [0.25, 0.3) is 0 Å². The Morgan fingerprint density at radius 3 is 2.68 bits per heavy atom. The Hall–Kier alpha value is -1.35. The van der Waals surface area contributed by atoms with Crippen molar-refractivity contribution in [3.63, 3.8) is 0 Å². The first kappa shape index (κ1) is 18.4. The summed E-state index contributed by atoms with van der Waals surface area (Å²) in [6.07, 6.45) is 6.39. The third-order valence-electron chi connectivity index (χ3n) is 6.73. The van der Waals surface area contributed by atoms with Gasteiger partial charge in [-0.15, -0.1) is 0 Å². The molecule has 2 aliphatic carbocycles. The number of hydrogen-bond donors (Lipinski definition) is 1. The van der Waals surface area contributed by atoms with Crippen molar-refractivity contribution in [3.8, 4) is 0 Å². The van der Waals surface area contributed by atoms with E-state index in [1.54, 1.807) is 0 Å². The van der Waals surface area contributed by atoms with E-state index in [1.807, 2.05) is 25.1 Å². The van der Waals surface area contributed by atoms with Gasteiger partial charge in [-0.1, -0.05) is 63.4 Å². The smallest absolute Gasteiger partial charge is 0.306 e. The second-order valence-electron chi connectivity index (χ2n) is 8.29. The summed E-state index contributed by atoms with van der Waals surface area (Å²) in [5, 5.41) is 9.63. The minimum atomic E-state index is -0.654. The molecule has 2 saturated carbocycles. The minimum absolute atomic E-state index is 0.229. The van der Waals surface area contributed by atoms with Crippen molar-refractivity contribution in [1.29, 1.82) is 0 Å². The monoisotopic (exact) mass is 344 g/mol. The molecule has 0 radical (unpaired) electrons. The molecular formula is C22H32O3. The van der Waals surface area contributed by atoms with Gasteiger partial charge in [0.1, 0.15) is 0 Å². The summed E-state index contributed by atoms with van der Waals surface area (Å²) in [6.45, 7) is 5.48. The number of benzene rings is 1. The van der Waals surface area contributed by atoms with E-state index in [9.17, 15) is 9.90 Å². The van der Waals surface area contributed by atoms with Gasteiger partial charge in [-0.25, -0.2) is 0 Å². The van der Waals surface area contributed by atoms with Gasteiger partial charge in [0, 0.05) is 0 Å². The van der Waals surface area contributed by atoms with E-state index in [-0.39, 0.29) is 11.8 Å². The molecule has 0 saturated heterocycles. The molecule has 2 aliphatic rings. The number of hydrogen-bond acceptors (Lipinski definition) is 2. The summed E-state index contributed by atoms with van der Waals surface area (Å²) >= 11 is 0. The Morgan fingerprint density at radius 1 is 1.24 bits per heavy atom. The Balaban J connectivity index is 1.72. The fourth-order valence-electron chi connectivity index (χ4n) is 5.58. The maximum atomic E-state index is 11.7. The largest absolute Gasteiger partial charge is 0.481 e. The highest BCUT2D eigenvalue weighted by atomic mass is 16.5. The number of aliphatic carboxylic acids is 1. The second-order valence-corrected chi connectivity index (χ2v) is 8.29. The molecule has 25 heavy (non-hydrogen) atoms. The van der Waals surface area contributed by atoms with Crippen molar-refractivity contribution in [2.75, 3.05) is 6.61 Å². The summed E-state index contributed by atoms with van der Waals surface area (Å²) in [6, 6.07) is 10.3.